The summed E-state index contributed by atoms with van der Waals surface area (Å²) in [6.45, 7) is 1.43. The maximum Gasteiger partial charge on any atom is 0.250 e. The van der Waals surface area contributed by atoms with E-state index in [0.717, 1.165) is 18.2 Å². The number of carbonyl (C=O) groups is 1. The molecule has 25 heavy (non-hydrogen) atoms. The molecule has 0 aromatic heterocycles. The van der Waals surface area contributed by atoms with E-state index in [-0.39, 0.29) is 33.0 Å². The fourth-order valence-electron chi connectivity index (χ4n) is 1.84. The van der Waals surface area contributed by atoms with Crippen molar-refractivity contribution in [2.75, 3.05) is 10.5 Å². The molecule has 1 amide bonds. The van der Waals surface area contributed by atoms with Crippen molar-refractivity contribution < 1.29 is 26.7 Å². The molecule has 6 nitrogen and oxygen atoms in total. The maximum absolute atomic E-state index is 13.7. The predicted octanol–water partition coefficient (Wildman–Crippen LogP) is 3.38. The number of rotatable bonds is 6. The normalized spacial score (nSPS) is 11.2. The summed E-state index contributed by atoms with van der Waals surface area (Å²) in [4.78, 5) is 11.6. The van der Waals surface area contributed by atoms with E-state index in [1.807, 2.05) is 0 Å². The molecule has 0 saturated carbocycles. The molecule has 0 heterocycles. The maximum atomic E-state index is 13.7. The summed E-state index contributed by atoms with van der Waals surface area (Å²) in [7, 11) is -3.65. The third-order valence-electron chi connectivity index (χ3n) is 3.10. The van der Waals surface area contributed by atoms with Gasteiger partial charge < -0.3 is 10.5 Å². The van der Waals surface area contributed by atoms with E-state index in [9.17, 15) is 22.0 Å². The number of carbonyl (C=O) groups excluding carboxylic acids is 1. The summed E-state index contributed by atoms with van der Waals surface area (Å²) in [5.41, 5.74) is 5.05. The molecule has 0 bridgehead atoms. The zero-order valence-corrected chi connectivity index (χ0v) is 15.2. The summed E-state index contributed by atoms with van der Waals surface area (Å²) < 4.78 is 57.9. The molecule has 0 radical (unpaired) electrons. The van der Waals surface area contributed by atoms with Gasteiger partial charge in [-0.3, -0.25) is 9.52 Å². The SMILES string of the molecule is CCS(=O)(=O)Nc1cc(Br)c(Oc2ccc(F)cc2F)cc1C(N)=O. The van der Waals surface area contributed by atoms with Gasteiger partial charge in [0.2, 0.25) is 10.0 Å². The van der Waals surface area contributed by atoms with E-state index in [2.05, 4.69) is 20.7 Å². The number of nitrogens with two attached hydrogens (primary N) is 1. The first-order valence-corrected chi connectivity index (χ1v) is 9.34. The fraction of sp³-hybridized carbons (Fsp3) is 0.133. The van der Waals surface area contributed by atoms with Crippen LogP contribution in [-0.4, -0.2) is 20.1 Å². The van der Waals surface area contributed by atoms with Crippen LogP contribution in [-0.2, 0) is 10.0 Å². The minimum absolute atomic E-state index is 0.00115. The fourth-order valence-corrected chi connectivity index (χ4v) is 2.91. The summed E-state index contributed by atoms with van der Waals surface area (Å²) >= 11 is 3.15. The van der Waals surface area contributed by atoms with Crippen LogP contribution >= 0.6 is 15.9 Å². The Bertz CT molecular complexity index is 935. The van der Waals surface area contributed by atoms with Gasteiger partial charge in [0.25, 0.3) is 5.91 Å². The minimum Gasteiger partial charge on any atom is -0.453 e. The molecule has 0 aliphatic heterocycles. The van der Waals surface area contributed by atoms with E-state index in [0.29, 0.717) is 6.07 Å². The molecule has 0 aliphatic carbocycles. The van der Waals surface area contributed by atoms with Crippen LogP contribution < -0.4 is 15.2 Å². The molecule has 2 aromatic rings. The van der Waals surface area contributed by atoms with E-state index < -0.39 is 27.6 Å². The van der Waals surface area contributed by atoms with E-state index in [1.165, 1.54) is 13.0 Å². The average Bonchev–Trinajstić information content (AvgIpc) is 2.51. The quantitative estimate of drug-likeness (QED) is 0.727. The second-order valence-corrected chi connectivity index (χ2v) is 7.74. The number of benzene rings is 2. The van der Waals surface area contributed by atoms with Crippen LogP contribution in [0.2, 0.25) is 0 Å². The van der Waals surface area contributed by atoms with Gasteiger partial charge in [0.05, 0.1) is 21.5 Å². The molecule has 0 aliphatic rings. The van der Waals surface area contributed by atoms with Crippen molar-refractivity contribution in [1.82, 2.24) is 0 Å². The number of hydrogen-bond donors (Lipinski definition) is 2. The van der Waals surface area contributed by atoms with Gasteiger partial charge in [0, 0.05) is 6.07 Å². The minimum atomic E-state index is -3.65. The molecule has 0 atom stereocenters. The summed E-state index contributed by atoms with van der Waals surface area (Å²) in [5, 5.41) is 0. The topological polar surface area (TPSA) is 98.5 Å². The number of anilines is 1. The number of nitrogens with one attached hydrogen (secondary N) is 1. The predicted molar refractivity (Wildman–Crippen MR) is 92.2 cm³/mol. The molecule has 0 spiro atoms. The standard InChI is InChI=1S/C15H13BrF2N2O4S/c1-2-25(22,23)20-12-7-10(16)14(6-9(12)15(19)21)24-13-4-3-8(17)5-11(13)18/h3-7,20H,2H2,1H3,(H2,19,21). The molecular formula is C15H13BrF2N2O4S. The lowest BCUT2D eigenvalue weighted by Crippen LogP contribution is -2.19. The Balaban J connectivity index is 2.47. The molecule has 0 unspecified atom stereocenters. The van der Waals surface area contributed by atoms with Crippen molar-refractivity contribution in [3.63, 3.8) is 0 Å². The second-order valence-electron chi connectivity index (χ2n) is 4.87. The van der Waals surface area contributed by atoms with Crippen LogP contribution in [0.25, 0.3) is 0 Å². The first kappa shape index (κ1) is 19.1. The molecule has 3 N–H and O–H groups in total. The molecule has 2 rings (SSSR count). The highest BCUT2D eigenvalue weighted by Crippen LogP contribution is 2.35. The third kappa shape index (κ3) is 4.67. The molecular weight excluding hydrogens is 422 g/mol. The Morgan fingerprint density at radius 1 is 1.24 bits per heavy atom. The Morgan fingerprint density at radius 3 is 2.48 bits per heavy atom. The lowest BCUT2D eigenvalue weighted by atomic mass is 10.1. The molecule has 10 heteroatoms. The van der Waals surface area contributed by atoms with Gasteiger partial charge >= 0.3 is 0 Å². The van der Waals surface area contributed by atoms with Gasteiger partial charge in [-0.25, -0.2) is 17.2 Å². The van der Waals surface area contributed by atoms with Crippen molar-refractivity contribution in [2.24, 2.45) is 5.73 Å². The summed E-state index contributed by atoms with van der Waals surface area (Å²) in [6.07, 6.45) is 0. The van der Waals surface area contributed by atoms with Crippen LogP contribution in [0.5, 0.6) is 11.5 Å². The average molecular weight is 435 g/mol. The summed E-state index contributed by atoms with van der Waals surface area (Å²) in [5.74, 6) is -3.11. The first-order valence-electron chi connectivity index (χ1n) is 6.89. The van der Waals surface area contributed by atoms with Gasteiger partial charge in [-0.15, -0.1) is 0 Å². The third-order valence-corrected chi connectivity index (χ3v) is 5.01. The Labute approximate surface area is 151 Å². The molecule has 0 saturated heterocycles. The monoisotopic (exact) mass is 434 g/mol. The van der Waals surface area contributed by atoms with Crippen molar-refractivity contribution >= 4 is 37.5 Å². The van der Waals surface area contributed by atoms with E-state index in [1.54, 1.807) is 0 Å². The second kappa shape index (κ2) is 7.36. The number of sulfonamides is 1. The molecule has 2 aromatic carbocycles. The Morgan fingerprint density at radius 2 is 1.92 bits per heavy atom. The number of ether oxygens (including phenoxy) is 1. The highest BCUT2D eigenvalue weighted by Gasteiger charge is 2.18. The zero-order chi connectivity index (χ0) is 18.8. The molecule has 0 fully saturated rings. The van der Waals surface area contributed by atoms with Crippen LogP contribution in [0.1, 0.15) is 17.3 Å². The smallest absolute Gasteiger partial charge is 0.250 e. The number of halogens is 3. The van der Waals surface area contributed by atoms with Crippen molar-refractivity contribution in [3.8, 4) is 11.5 Å². The van der Waals surface area contributed by atoms with Crippen molar-refractivity contribution in [2.45, 2.75) is 6.92 Å². The number of hydrogen-bond acceptors (Lipinski definition) is 4. The number of primary amides is 1. The Hall–Kier alpha value is -2.20. The van der Waals surface area contributed by atoms with Crippen LogP contribution in [0.3, 0.4) is 0 Å². The first-order chi connectivity index (χ1) is 11.6. The zero-order valence-electron chi connectivity index (χ0n) is 12.8. The van der Waals surface area contributed by atoms with E-state index in [4.69, 9.17) is 10.5 Å². The summed E-state index contributed by atoms with van der Waals surface area (Å²) in [6, 6.07) is 5.15. The van der Waals surface area contributed by atoms with Gasteiger partial charge in [-0.2, -0.15) is 0 Å². The highest BCUT2D eigenvalue weighted by molar-refractivity contribution is 9.10. The van der Waals surface area contributed by atoms with Crippen LogP contribution in [0.15, 0.2) is 34.8 Å². The Kier molecular flexibility index (Phi) is 5.63. The van der Waals surface area contributed by atoms with Crippen molar-refractivity contribution in [3.05, 3.63) is 52.0 Å². The van der Waals surface area contributed by atoms with E-state index >= 15 is 0 Å². The van der Waals surface area contributed by atoms with Crippen LogP contribution in [0, 0.1) is 11.6 Å². The van der Waals surface area contributed by atoms with Crippen LogP contribution in [0.4, 0.5) is 14.5 Å². The van der Waals surface area contributed by atoms with Gasteiger partial charge in [0.15, 0.2) is 11.6 Å². The molecule has 134 valence electrons. The largest absolute Gasteiger partial charge is 0.453 e. The highest BCUT2D eigenvalue weighted by atomic mass is 79.9. The van der Waals surface area contributed by atoms with Gasteiger partial charge in [-0.05, 0) is 47.1 Å². The van der Waals surface area contributed by atoms with Gasteiger partial charge in [-0.1, -0.05) is 0 Å². The van der Waals surface area contributed by atoms with Crippen molar-refractivity contribution in [1.29, 1.82) is 0 Å². The lowest BCUT2D eigenvalue weighted by Gasteiger charge is -2.14. The van der Waals surface area contributed by atoms with Gasteiger partial charge in [0.1, 0.15) is 11.6 Å². The lowest BCUT2D eigenvalue weighted by molar-refractivity contribution is 0.100. The number of amides is 1.